The van der Waals surface area contributed by atoms with Gasteiger partial charge in [0.2, 0.25) is 0 Å². The number of ether oxygens (including phenoxy) is 1. The van der Waals surface area contributed by atoms with E-state index in [1.54, 1.807) is 31.2 Å². The molecule has 0 bridgehead atoms. The van der Waals surface area contributed by atoms with Crippen LogP contribution in [-0.2, 0) is 9.53 Å². The van der Waals surface area contributed by atoms with E-state index in [2.05, 4.69) is 4.99 Å². The van der Waals surface area contributed by atoms with Gasteiger partial charge < -0.3 is 4.74 Å². The normalized spacial score (nSPS) is 15.9. The molecular formula is C24H19N3O5S. The first-order chi connectivity index (χ1) is 15.9. The minimum absolute atomic E-state index is 0.0657. The van der Waals surface area contributed by atoms with Gasteiger partial charge in [-0.25, -0.2) is 9.79 Å². The zero-order valence-corrected chi connectivity index (χ0v) is 18.6. The van der Waals surface area contributed by atoms with Gasteiger partial charge in [0.25, 0.3) is 11.2 Å². The molecule has 1 aliphatic rings. The molecule has 0 N–H and O–H groups in total. The van der Waals surface area contributed by atoms with Crippen LogP contribution in [0.25, 0.3) is 12.2 Å². The van der Waals surface area contributed by atoms with Crippen molar-refractivity contribution in [2.75, 3.05) is 7.11 Å². The predicted molar refractivity (Wildman–Crippen MR) is 125 cm³/mol. The molecule has 1 atom stereocenters. The topological polar surface area (TPSA) is 104 Å². The van der Waals surface area contributed by atoms with Gasteiger partial charge in [0, 0.05) is 12.1 Å². The maximum atomic E-state index is 13.4. The lowest BCUT2D eigenvalue weighted by atomic mass is 10.0. The summed E-state index contributed by atoms with van der Waals surface area (Å²) in [6.45, 7) is 1.70. The van der Waals surface area contributed by atoms with Crippen LogP contribution in [0.15, 0.2) is 81.7 Å². The molecule has 1 aromatic heterocycles. The fourth-order valence-corrected chi connectivity index (χ4v) is 4.62. The van der Waals surface area contributed by atoms with Crippen molar-refractivity contribution < 1.29 is 14.5 Å². The van der Waals surface area contributed by atoms with E-state index in [-0.39, 0.29) is 16.8 Å². The number of nitrogens with zero attached hydrogens (tertiary/aromatic N) is 3. The summed E-state index contributed by atoms with van der Waals surface area (Å²) in [6, 6.07) is 14.8. The quantitative estimate of drug-likeness (QED) is 0.330. The Labute approximate surface area is 192 Å². The number of nitro groups is 1. The number of thiazole rings is 1. The van der Waals surface area contributed by atoms with Crippen LogP contribution in [0, 0.1) is 10.1 Å². The highest BCUT2D eigenvalue weighted by atomic mass is 32.1. The van der Waals surface area contributed by atoms with Crippen molar-refractivity contribution in [3.05, 3.63) is 113 Å². The molecule has 33 heavy (non-hydrogen) atoms. The van der Waals surface area contributed by atoms with Crippen LogP contribution in [0.3, 0.4) is 0 Å². The highest BCUT2D eigenvalue weighted by Crippen LogP contribution is 2.26. The third-order valence-electron chi connectivity index (χ3n) is 5.12. The van der Waals surface area contributed by atoms with Crippen LogP contribution >= 0.6 is 11.3 Å². The van der Waals surface area contributed by atoms with Crippen molar-refractivity contribution in [3.63, 3.8) is 0 Å². The van der Waals surface area contributed by atoms with E-state index in [1.807, 2.05) is 36.4 Å². The third-order valence-corrected chi connectivity index (χ3v) is 6.10. The first-order valence-corrected chi connectivity index (χ1v) is 10.8. The van der Waals surface area contributed by atoms with Gasteiger partial charge in [0.15, 0.2) is 4.80 Å². The number of carbonyl (C=O) groups is 1. The lowest BCUT2D eigenvalue weighted by molar-refractivity contribution is -0.384. The second kappa shape index (κ2) is 9.17. The minimum atomic E-state index is -0.707. The van der Waals surface area contributed by atoms with E-state index in [9.17, 15) is 19.7 Å². The summed E-state index contributed by atoms with van der Waals surface area (Å²) in [4.78, 5) is 41.4. The first kappa shape index (κ1) is 22.1. The number of carbonyl (C=O) groups excluding carboxylic acids is 1. The summed E-state index contributed by atoms with van der Waals surface area (Å²) in [7, 11) is 1.29. The lowest BCUT2D eigenvalue weighted by Gasteiger charge is -2.21. The number of esters is 1. The number of aromatic nitrogens is 1. The number of nitro benzene ring substituents is 1. The van der Waals surface area contributed by atoms with E-state index < -0.39 is 16.9 Å². The van der Waals surface area contributed by atoms with Crippen LogP contribution < -0.4 is 14.9 Å². The standard InChI is InChI=1S/C24H19N3O5S/c1-15-21(23(29)32-2)19(12-11-16-7-4-3-5-8-16)26-22(28)20(33-24(26)25-15)14-17-9-6-10-18(13-17)27(30)31/h3-14,19H,1-2H3/b12-11+,20-14+/t19-/m1/s1. The van der Waals surface area contributed by atoms with Crippen LogP contribution in [0.1, 0.15) is 24.1 Å². The van der Waals surface area contributed by atoms with Crippen LogP contribution in [0.4, 0.5) is 5.69 Å². The van der Waals surface area contributed by atoms with E-state index in [0.29, 0.717) is 20.6 Å². The molecule has 0 saturated heterocycles. The zero-order chi connectivity index (χ0) is 23.5. The van der Waals surface area contributed by atoms with Crippen molar-refractivity contribution >= 4 is 35.1 Å². The molecule has 9 heteroatoms. The average Bonchev–Trinajstić information content (AvgIpc) is 3.12. The maximum Gasteiger partial charge on any atom is 0.338 e. The number of fused-ring (bicyclic) bond motifs is 1. The smallest absolute Gasteiger partial charge is 0.338 e. The zero-order valence-electron chi connectivity index (χ0n) is 17.8. The van der Waals surface area contributed by atoms with E-state index in [4.69, 9.17) is 4.74 Å². The number of allylic oxidation sites excluding steroid dienone is 2. The number of non-ortho nitro benzene ring substituents is 1. The van der Waals surface area contributed by atoms with Gasteiger partial charge in [-0.15, -0.1) is 0 Å². The summed E-state index contributed by atoms with van der Waals surface area (Å²) in [6.07, 6.45) is 5.20. The maximum absolute atomic E-state index is 13.4. The molecule has 2 heterocycles. The minimum Gasteiger partial charge on any atom is -0.466 e. The molecule has 0 radical (unpaired) electrons. The fourth-order valence-electron chi connectivity index (χ4n) is 3.56. The Balaban J connectivity index is 1.88. The Kier molecular flexibility index (Phi) is 6.14. The number of methoxy groups -OCH3 is 1. The molecule has 2 aromatic carbocycles. The number of hydrogen-bond donors (Lipinski definition) is 0. The first-order valence-electron chi connectivity index (χ1n) is 9.97. The molecule has 0 spiro atoms. The fraction of sp³-hybridized carbons (Fsp3) is 0.125. The van der Waals surface area contributed by atoms with Crippen LogP contribution in [0.2, 0.25) is 0 Å². The van der Waals surface area contributed by atoms with Gasteiger partial charge in [-0.05, 0) is 24.1 Å². The molecular weight excluding hydrogens is 442 g/mol. The van der Waals surface area contributed by atoms with Crippen molar-refractivity contribution in [3.8, 4) is 0 Å². The van der Waals surface area contributed by atoms with Crippen molar-refractivity contribution in [1.82, 2.24) is 4.57 Å². The molecule has 0 unspecified atom stereocenters. The third kappa shape index (κ3) is 4.44. The molecule has 8 nitrogen and oxygen atoms in total. The molecule has 0 saturated carbocycles. The summed E-state index contributed by atoms with van der Waals surface area (Å²) in [5, 5.41) is 11.1. The van der Waals surface area contributed by atoms with Crippen LogP contribution in [0.5, 0.6) is 0 Å². The Bertz CT molecular complexity index is 1480. The molecule has 166 valence electrons. The number of benzene rings is 2. The number of hydrogen-bond acceptors (Lipinski definition) is 7. The van der Waals surface area contributed by atoms with Crippen molar-refractivity contribution in [1.29, 1.82) is 0 Å². The molecule has 0 fully saturated rings. The van der Waals surface area contributed by atoms with Gasteiger partial charge in [0.1, 0.15) is 0 Å². The highest BCUT2D eigenvalue weighted by molar-refractivity contribution is 7.07. The van der Waals surface area contributed by atoms with Gasteiger partial charge in [-0.2, -0.15) is 0 Å². The molecule has 1 aliphatic heterocycles. The monoisotopic (exact) mass is 461 g/mol. The Morgan fingerprint density at radius 1 is 1.18 bits per heavy atom. The summed E-state index contributed by atoms with van der Waals surface area (Å²) in [5.74, 6) is -0.563. The Hall–Kier alpha value is -4.11. The summed E-state index contributed by atoms with van der Waals surface area (Å²) in [5.41, 5.74) is 1.77. The summed E-state index contributed by atoms with van der Waals surface area (Å²) >= 11 is 1.16. The Morgan fingerprint density at radius 3 is 2.61 bits per heavy atom. The molecule has 0 aliphatic carbocycles. The average molecular weight is 461 g/mol. The van der Waals surface area contributed by atoms with Gasteiger partial charge >= 0.3 is 5.97 Å². The largest absolute Gasteiger partial charge is 0.466 e. The highest BCUT2D eigenvalue weighted by Gasteiger charge is 2.30. The predicted octanol–water partition coefficient (Wildman–Crippen LogP) is 2.98. The molecule has 3 aromatic rings. The van der Waals surface area contributed by atoms with Crippen LogP contribution in [-0.4, -0.2) is 22.6 Å². The van der Waals surface area contributed by atoms with Gasteiger partial charge in [0.05, 0.1) is 33.9 Å². The second-order valence-corrected chi connectivity index (χ2v) is 8.25. The Morgan fingerprint density at radius 2 is 1.91 bits per heavy atom. The molecule has 0 amide bonds. The van der Waals surface area contributed by atoms with Gasteiger partial charge in [-0.1, -0.05) is 66.0 Å². The van der Waals surface area contributed by atoms with Gasteiger partial charge in [-0.3, -0.25) is 19.5 Å². The van der Waals surface area contributed by atoms with Crippen molar-refractivity contribution in [2.45, 2.75) is 13.0 Å². The van der Waals surface area contributed by atoms with E-state index in [0.717, 1.165) is 16.9 Å². The molecule has 4 rings (SSSR count). The second-order valence-electron chi connectivity index (χ2n) is 7.24. The SMILES string of the molecule is COC(=O)C1=C(C)N=c2s/c(=C/c3cccc([N+](=O)[O-])c3)c(=O)n2[C@@H]1/C=C/c1ccccc1. The van der Waals surface area contributed by atoms with E-state index in [1.165, 1.54) is 23.8 Å². The number of rotatable bonds is 5. The van der Waals surface area contributed by atoms with E-state index >= 15 is 0 Å². The summed E-state index contributed by atoms with van der Waals surface area (Å²) < 4.78 is 6.76. The van der Waals surface area contributed by atoms with Crippen molar-refractivity contribution in [2.24, 2.45) is 4.99 Å². The lowest BCUT2D eigenvalue weighted by Crippen LogP contribution is -2.38.